The van der Waals surface area contributed by atoms with Gasteiger partial charge in [-0.15, -0.1) is 0 Å². The summed E-state index contributed by atoms with van der Waals surface area (Å²) < 4.78 is 38.2. The van der Waals surface area contributed by atoms with E-state index >= 15 is 0 Å². The molecular weight excluding hydrogens is 1220 g/mol. The SMILES string of the molecule is COC(=O)CCN(CCCNC(=O)CCN(CCCNCCCN(CCC(=O)NCCCN(CCC(=O)OC)CCC(=O)OC)CCC(=O)NCCCN(CCC(=O)OC)CCC(=O)OC)CCC(=O)NCCCN(CCC(=O)OC)CCC(=O)OC)CCC(=O)OC. The highest BCUT2D eigenvalue weighted by atomic mass is 16.5. The van der Waals surface area contributed by atoms with Crippen LogP contribution in [0.3, 0.4) is 0 Å². The molecule has 0 aliphatic heterocycles. The lowest BCUT2D eigenvalue weighted by molar-refractivity contribution is -0.142. The lowest BCUT2D eigenvalue weighted by Crippen LogP contribution is -2.37. The van der Waals surface area contributed by atoms with Crippen molar-refractivity contribution in [3.8, 4) is 0 Å². The first kappa shape index (κ1) is 86.4. The Balaban J connectivity index is 5.84. The molecule has 0 saturated heterocycles. The Morgan fingerprint density at radius 2 is 0.344 bits per heavy atom. The van der Waals surface area contributed by atoms with Gasteiger partial charge in [-0.3, -0.25) is 57.5 Å². The zero-order valence-corrected chi connectivity index (χ0v) is 57.0. The van der Waals surface area contributed by atoms with Crippen molar-refractivity contribution < 1.29 is 95.4 Å². The molecule has 31 heteroatoms. The molecule has 0 spiro atoms. The number of hydrogen-bond acceptors (Lipinski definition) is 27. The van der Waals surface area contributed by atoms with E-state index in [1.165, 1.54) is 56.9 Å². The van der Waals surface area contributed by atoms with Crippen LogP contribution < -0.4 is 26.6 Å². The number of carbonyl (C=O) groups is 12. The van der Waals surface area contributed by atoms with Crippen molar-refractivity contribution in [1.29, 1.82) is 0 Å². The first-order valence-electron chi connectivity index (χ1n) is 32.4. The standard InChI is InChI=1S/C62H113N11O20/c1-86-55(78)19-43-70(44-20-56(79)87-2)35-11-29-64-51(74)15-39-68(40-16-52(75)65-30-12-36-71(45-21-57(80)88-3)46-22-58(81)89-4)33-9-27-63-28-10-34-69(41-17-53(76)66-31-13-37-72(47-23-59(82)90-5)48-24-60(83)91-6)42-18-54(77)67-32-14-38-73(49-25-61(84)92-7)50-26-62(85)93-8/h63H,9-50H2,1-8H3,(H,64,74)(H,65,75)(H,66,76)(H,67,77). The predicted molar refractivity (Wildman–Crippen MR) is 343 cm³/mol. The Morgan fingerprint density at radius 1 is 0.204 bits per heavy atom. The molecule has 0 saturated carbocycles. The molecule has 0 atom stereocenters. The van der Waals surface area contributed by atoms with Crippen LogP contribution in [0.15, 0.2) is 0 Å². The summed E-state index contributed by atoms with van der Waals surface area (Å²) in [7, 11) is 10.5. The lowest BCUT2D eigenvalue weighted by Gasteiger charge is -2.24. The summed E-state index contributed by atoms with van der Waals surface area (Å²) in [6.07, 6.45) is 5.53. The van der Waals surface area contributed by atoms with Crippen LogP contribution in [0.4, 0.5) is 0 Å². The van der Waals surface area contributed by atoms with E-state index in [4.69, 9.17) is 37.9 Å². The van der Waals surface area contributed by atoms with Crippen LogP contribution in [0.1, 0.15) is 116 Å². The van der Waals surface area contributed by atoms with Gasteiger partial charge in [0.05, 0.1) is 108 Å². The first-order chi connectivity index (χ1) is 44.7. The summed E-state index contributed by atoms with van der Waals surface area (Å²) in [6, 6.07) is 0. The summed E-state index contributed by atoms with van der Waals surface area (Å²) in [6.45, 7) is 10.5. The van der Waals surface area contributed by atoms with Gasteiger partial charge in [0.2, 0.25) is 23.6 Å². The number of ether oxygens (including phenoxy) is 8. The van der Waals surface area contributed by atoms with Crippen LogP contribution >= 0.6 is 0 Å². The number of hydrogen-bond donors (Lipinski definition) is 5. The maximum atomic E-state index is 13.2. The maximum absolute atomic E-state index is 13.2. The summed E-state index contributed by atoms with van der Waals surface area (Å²) in [5, 5.41) is 15.3. The van der Waals surface area contributed by atoms with Gasteiger partial charge in [0.15, 0.2) is 0 Å². The molecule has 536 valence electrons. The molecule has 93 heavy (non-hydrogen) atoms. The topological polar surface area (TPSA) is 358 Å². The first-order valence-corrected chi connectivity index (χ1v) is 32.4. The van der Waals surface area contributed by atoms with Gasteiger partial charge >= 0.3 is 47.8 Å². The molecular formula is C62H113N11O20. The molecule has 0 rings (SSSR count). The number of nitrogens with one attached hydrogen (secondary N) is 5. The quantitative estimate of drug-likeness (QED) is 0.0284. The Labute approximate surface area is 550 Å². The molecule has 0 aromatic carbocycles. The van der Waals surface area contributed by atoms with Gasteiger partial charge in [-0.2, -0.15) is 0 Å². The molecule has 4 amide bonds. The average molecular weight is 1330 g/mol. The van der Waals surface area contributed by atoms with Crippen LogP contribution in [-0.2, 0) is 95.4 Å². The molecule has 0 fully saturated rings. The number of methoxy groups -OCH3 is 8. The molecule has 0 aliphatic rings. The lowest BCUT2D eigenvalue weighted by atomic mass is 10.2. The normalized spacial score (nSPS) is 11.2. The highest BCUT2D eigenvalue weighted by molar-refractivity contribution is 5.78. The van der Waals surface area contributed by atoms with Crippen LogP contribution in [-0.4, -0.2) is 315 Å². The molecule has 0 radical (unpaired) electrons. The van der Waals surface area contributed by atoms with Crippen LogP contribution in [0.5, 0.6) is 0 Å². The van der Waals surface area contributed by atoms with Gasteiger partial charge in [-0.05, 0) is 90.9 Å². The van der Waals surface area contributed by atoms with Gasteiger partial charge in [0.1, 0.15) is 0 Å². The highest BCUT2D eigenvalue weighted by Crippen LogP contribution is 2.06. The fourth-order valence-electron chi connectivity index (χ4n) is 9.32. The predicted octanol–water partition coefficient (Wildman–Crippen LogP) is -0.741. The van der Waals surface area contributed by atoms with Crippen molar-refractivity contribution in [2.75, 3.05) is 214 Å². The van der Waals surface area contributed by atoms with Crippen molar-refractivity contribution >= 4 is 71.4 Å². The minimum atomic E-state index is -0.371. The Morgan fingerprint density at radius 3 is 0.495 bits per heavy atom. The molecule has 0 bridgehead atoms. The van der Waals surface area contributed by atoms with E-state index in [1.807, 2.05) is 19.6 Å². The third-order valence-electron chi connectivity index (χ3n) is 15.0. The largest absolute Gasteiger partial charge is 0.469 e. The van der Waals surface area contributed by atoms with Crippen LogP contribution in [0.2, 0.25) is 0 Å². The molecule has 0 aromatic heterocycles. The third-order valence-corrected chi connectivity index (χ3v) is 15.0. The Bertz CT molecular complexity index is 1790. The summed E-state index contributed by atoms with van der Waals surface area (Å²) in [4.78, 5) is 159. The molecule has 0 aliphatic carbocycles. The summed E-state index contributed by atoms with van der Waals surface area (Å²) in [5.41, 5.74) is 0. The number of rotatable bonds is 60. The maximum Gasteiger partial charge on any atom is 0.306 e. The van der Waals surface area contributed by atoms with Gasteiger partial charge in [0, 0.05) is 130 Å². The minimum Gasteiger partial charge on any atom is -0.469 e. The second kappa shape index (κ2) is 58.0. The zero-order chi connectivity index (χ0) is 69.3. The van der Waals surface area contributed by atoms with Gasteiger partial charge in [0.25, 0.3) is 0 Å². The van der Waals surface area contributed by atoms with Gasteiger partial charge < -0.3 is 93.9 Å². The smallest absolute Gasteiger partial charge is 0.306 e. The van der Waals surface area contributed by atoms with Crippen molar-refractivity contribution in [2.24, 2.45) is 0 Å². The van der Waals surface area contributed by atoms with E-state index in [0.29, 0.717) is 196 Å². The fraction of sp³-hybridized carbons (Fsp3) is 0.806. The van der Waals surface area contributed by atoms with E-state index in [-0.39, 0.29) is 148 Å². The van der Waals surface area contributed by atoms with Gasteiger partial charge in [-0.1, -0.05) is 0 Å². The van der Waals surface area contributed by atoms with E-state index in [9.17, 15) is 57.5 Å². The van der Waals surface area contributed by atoms with Crippen LogP contribution in [0, 0.1) is 0 Å². The number of nitrogens with zero attached hydrogens (tertiary/aromatic N) is 6. The summed E-state index contributed by atoms with van der Waals surface area (Å²) >= 11 is 0. The second-order valence-corrected chi connectivity index (χ2v) is 21.9. The molecule has 0 heterocycles. The number of esters is 8. The van der Waals surface area contributed by atoms with Crippen LogP contribution in [0.25, 0.3) is 0 Å². The zero-order valence-electron chi connectivity index (χ0n) is 57.0. The monoisotopic (exact) mass is 1330 g/mol. The summed E-state index contributed by atoms with van der Waals surface area (Å²) in [5.74, 6) is -3.65. The third kappa shape index (κ3) is 51.5. The molecule has 0 aromatic rings. The molecule has 0 unspecified atom stereocenters. The van der Waals surface area contributed by atoms with Crippen molar-refractivity contribution in [3.63, 3.8) is 0 Å². The Kier molecular flexibility index (Phi) is 53.8. The van der Waals surface area contributed by atoms with Crippen molar-refractivity contribution in [2.45, 2.75) is 116 Å². The van der Waals surface area contributed by atoms with E-state index in [2.05, 4.69) is 36.4 Å². The molecule has 5 N–H and O–H groups in total. The minimum absolute atomic E-state index is 0.149. The molecule has 31 nitrogen and oxygen atoms in total. The average Bonchev–Trinajstić information content (AvgIpc) is 3.68. The van der Waals surface area contributed by atoms with Crippen molar-refractivity contribution in [1.82, 2.24) is 56.0 Å². The van der Waals surface area contributed by atoms with Gasteiger partial charge in [-0.25, -0.2) is 0 Å². The Hall–Kier alpha value is -6.64. The number of carbonyl (C=O) groups excluding carboxylic acids is 12. The number of amides is 4. The highest BCUT2D eigenvalue weighted by Gasteiger charge is 2.18. The van der Waals surface area contributed by atoms with Crippen molar-refractivity contribution in [3.05, 3.63) is 0 Å². The van der Waals surface area contributed by atoms with E-state index in [1.54, 1.807) is 0 Å². The van der Waals surface area contributed by atoms with E-state index in [0.717, 1.165) is 0 Å². The fourth-order valence-corrected chi connectivity index (χ4v) is 9.32. The second-order valence-electron chi connectivity index (χ2n) is 21.9. The van der Waals surface area contributed by atoms with E-state index < -0.39 is 0 Å².